The molecule has 2 saturated heterocycles. The van der Waals surface area contributed by atoms with E-state index in [-0.39, 0.29) is 16.9 Å². The van der Waals surface area contributed by atoms with E-state index in [4.69, 9.17) is 33.4 Å². The van der Waals surface area contributed by atoms with E-state index in [0.717, 1.165) is 64.1 Å². The van der Waals surface area contributed by atoms with E-state index in [1.54, 1.807) is 13.0 Å². The molecule has 12 heteroatoms. The highest BCUT2D eigenvalue weighted by Crippen LogP contribution is 2.32. The van der Waals surface area contributed by atoms with Gasteiger partial charge in [-0.3, -0.25) is 9.80 Å². The number of halogens is 2. The molecule has 1 aromatic carbocycles. The average Bonchev–Trinajstić information content (AvgIpc) is 3.36. The number of nitrogens with zero attached hydrogens (tertiary/aromatic N) is 8. The van der Waals surface area contributed by atoms with Crippen molar-refractivity contribution in [2.24, 2.45) is 0 Å². The molecule has 5 rings (SSSR count). The van der Waals surface area contributed by atoms with Crippen LogP contribution in [-0.4, -0.2) is 74.8 Å². The third-order valence-electron chi connectivity index (χ3n) is 7.50. The van der Waals surface area contributed by atoms with Crippen molar-refractivity contribution in [3.05, 3.63) is 45.4 Å². The summed E-state index contributed by atoms with van der Waals surface area (Å²) in [5.74, 6) is 1.44. The summed E-state index contributed by atoms with van der Waals surface area (Å²) in [4.78, 5) is 16.3. The largest absolute Gasteiger partial charge is 0.420 e. The lowest BCUT2D eigenvalue weighted by Gasteiger charge is -2.47. The highest BCUT2D eigenvalue weighted by molar-refractivity contribution is 6.32. The third kappa shape index (κ3) is 5.57. The Morgan fingerprint density at radius 2 is 1.92 bits per heavy atom. The van der Waals surface area contributed by atoms with Crippen molar-refractivity contribution in [2.75, 3.05) is 43.4 Å². The van der Waals surface area contributed by atoms with Crippen LogP contribution in [0.1, 0.15) is 43.2 Å². The van der Waals surface area contributed by atoms with E-state index in [0.29, 0.717) is 40.1 Å². The topological polar surface area (TPSA) is 124 Å². The van der Waals surface area contributed by atoms with Gasteiger partial charge in [0.1, 0.15) is 0 Å². The molecule has 2 N–H and O–H groups in total. The number of anilines is 2. The van der Waals surface area contributed by atoms with E-state index < -0.39 is 0 Å². The molecule has 10 nitrogen and oxygen atoms in total. The highest BCUT2D eigenvalue weighted by Gasteiger charge is 2.34. The first kappa shape index (κ1) is 26.6. The van der Waals surface area contributed by atoms with Crippen molar-refractivity contribution in [1.29, 1.82) is 5.26 Å². The quantitative estimate of drug-likeness (QED) is 0.473. The lowest BCUT2D eigenvalue weighted by atomic mass is 9.97. The minimum atomic E-state index is 0.212. The van der Waals surface area contributed by atoms with Crippen molar-refractivity contribution >= 4 is 34.8 Å². The molecule has 0 amide bonds. The number of benzene rings is 1. The van der Waals surface area contributed by atoms with Crippen LogP contribution in [0.3, 0.4) is 0 Å². The molecule has 0 aliphatic carbocycles. The SMILES string of the molecule is CCC1CN(c2nc(N)c(-c3nnc(C)o3)nc2Cl)CCN1C1CCN(Cc2ccc(Cl)cc2C#N)CC1. The fraction of sp³-hybridized carbons (Fsp3) is 0.500. The van der Waals surface area contributed by atoms with Gasteiger partial charge in [-0.2, -0.15) is 5.26 Å². The summed E-state index contributed by atoms with van der Waals surface area (Å²) in [5.41, 5.74) is 8.21. The van der Waals surface area contributed by atoms with Gasteiger partial charge < -0.3 is 15.1 Å². The Labute approximate surface area is 232 Å². The van der Waals surface area contributed by atoms with Gasteiger partial charge in [0.05, 0.1) is 11.6 Å². The van der Waals surface area contributed by atoms with Crippen LogP contribution in [-0.2, 0) is 6.54 Å². The molecule has 2 aliphatic rings. The van der Waals surface area contributed by atoms with E-state index >= 15 is 0 Å². The van der Waals surface area contributed by atoms with Crippen LogP contribution in [0, 0.1) is 18.3 Å². The Hall–Kier alpha value is -2.97. The van der Waals surface area contributed by atoms with Gasteiger partial charge >= 0.3 is 0 Å². The standard InChI is InChI=1S/C26H31Cl2N9O/c1-3-20-15-36(25-23(28)31-22(24(30)32-25)26-34-33-16(2)38-26)10-11-37(20)21-6-8-35(9-7-21)14-17-4-5-19(27)12-18(17)13-29/h4-5,12,20-21H,3,6-11,14-15H2,1-2H3,(H2,30,32). The maximum absolute atomic E-state index is 9.47. The monoisotopic (exact) mass is 555 g/mol. The molecule has 38 heavy (non-hydrogen) atoms. The van der Waals surface area contributed by atoms with Crippen molar-refractivity contribution in [3.8, 4) is 17.7 Å². The molecule has 2 aliphatic heterocycles. The molecule has 1 unspecified atom stereocenters. The first-order valence-electron chi connectivity index (χ1n) is 12.9. The van der Waals surface area contributed by atoms with Gasteiger partial charge in [-0.15, -0.1) is 10.2 Å². The van der Waals surface area contributed by atoms with E-state index in [1.165, 1.54) is 0 Å². The maximum atomic E-state index is 9.47. The van der Waals surface area contributed by atoms with Gasteiger partial charge in [0.2, 0.25) is 5.89 Å². The molecule has 2 aromatic heterocycles. The normalized spacial score (nSPS) is 19.6. The second kappa shape index (κ2) is 11.4. The fourth-order valence-electron chi connectivity index (χ4n) is 5.52. The average molecular weight is 557 g/mol. The number of nitrogens with two attached hydrogens (primary N) is 1. The van der Waals surface area contributed by atoms with Gasteiger partial charge in [-0.1, -0.05) is 36.2 Å². The molecular weight excluding hydrogens is 525 g/mol. The summed E-state index contributed by atoms with van der Waals surface area (Å²) in [6.07, 6.45) is 3.21. The summed E-state index contributed by atoms with van der Waals surface area (Å²) < 4.78 is 5.46. The number of rotatable bonds is 6. The molecule has 3 aromatic rings. The lowest BCUT2D eigenvalue weighted by molar-refractivity contribution is 0.0610. The van der Waals surface area contributed by atoms with Crippen LogP contribution in [0.4, 0.5) is 11.6 Å². The zero-order chi connectivity index (χ0) is 26.8. The van der Waals surface area contributed by atoms with E-state index in [1.807, 2.05) is 12.1 Å². The number of likely N-dealkylation sites (tertiary alicyclic amines) is 1. The Kier molecular flexibility index (Phi) is 8.00. The summed E-state index contributed by atoms with van der Waals surface area (Å²) in [6.45, 7) is 9.21. The van der Waals surface area contributed by atoms with Gasteiger partial charge in [-0.25, -0.2) is 9.97 Å². The Morgan fingerprint density at radius 3 is 2.61 bits per heavy atom. The summed E-state index contributed by atoms with van der Waals surface area (Å²) in [6, 6.07) is 8.75. The number of hydrogen-bond donors (Lipinski definition) is 1. The van der Waals surface area contributed by atoms with E-state index in [9.17, 15) is 5.26 Å². The molecule has 200 valence electrons. The van der Waals surface area contributed by atoms with E-state index in [2.05, 4.69) is 47.9 Å². The lowest BCUT2D eigenvalue weighted by Crippen LogP contribution is -2.58. The minimum Gasteiger partial charge on any atom is -0.420 e. The number of piperazine rings is 1. The zero-order valence-corrected chi connectivity index (χ0v) is 23.1. The first-order valence-corrected chi connectivity index (χ1v) is 13.7. The van der Waals surface area contributed by atoms with Crippen LogP contribution in [0.2, 0.25) is 10.2 Å². The Bertz CT molecular complexity index is 1330. The molecule has 2 fully saturated rings. The summed E-state index contributed by atoms with van der Waals surface area (Å²) >= 11 is 12.6. The second-order valence-electron chi connectivity index (χ2n) is 9.86. The van der Waals surface area contributed by atoms with Gasteiger partial charge in [0.15, 0.2) is 22.5 Å². The molecular formula is C26H31Cl2N9O. The van der Waals surface area contributed by atoms with Gasteiger partial charge in [-0.05, 0) is 50.0 Å². The summed E-state index contributed by atoms with van der Waals surface area (Å²) in [5, 5.41) is 18.2. The molecule has 0 radical (unpaired) electrons. The number of nitrogen functional groups attached to an aromatic ring is 1. The maximum Gasteiger partial charge on any atom is 0.270 e. The molecule has 0 bridgehead atoms. The Balaban J connectivity index is 1.21. The third-order valence-corrected chi connectivity index (χ3v) is 7.99. The summed E-state index contributed by atoms with van der Waals surface area (Å²) in [7, 11) is 0. The Morgan fingerprint density at radius 1 is 1.13 bits per heavy atom. The van der Waals surface area contributed by atoms with Crippen molar-refractivity contribution < 1.29 is 4.42 Å². The van der Waals surface area contributed by atoms with Crippen LogP contribution in [0.5, 0.6) is 0 Å². The molecule has 0 saturated carbocycles. The van der Waals surface area contributed by atoms with Gasteiger partial charge in [0, 0.05) is 50.2 Å². The first-order chi connectivity index (χ1) is 18.4. The number of aromatic nitrogens is 4. The predicted molar refractivity (Wildman–Crippen MR) is 147 cm³/mol. The van der Waals surface area contributed by atoms with Gasteiger partial charge in [0.25, 0.3) is 5.89 Å². The number of piperidine rings is 1. The van der Waals surface area contributed by atoms with Crippen molar-refractivity contribution in [2.45, 2.75) is 51.7 Å². The molecule has 0 spiro atoms. The van der Waals surface area contributed by atoms with Crippen LogP contribution in [0.25, 0.3) is 11.6 Å². The second-order valence-corrected chi connectivity index (χ2v) is 10.7. The predicted octanol–water partition coefficient (Wildman–Crippen LogP) is 4.16. The number of hydrogen-bond acceptors (Lipinski definition) is 10. The minimum absolute atomic E-state index is 0.212. The van der Waals surface area contributed by atoms with Crippen molar-refractivity contribution in [3.63, 3.8) is 0 Å². The zero-order valence-electron chi connectivity index (χ0n) is 21.6. The number of aryl methyl sites for hydroxylation is 1. The fourth-order valence-corrected chi connectivity index (χ4v) is 5.93. The molecule has 1 atom stereocenters. The smallest absolute Gasteiger partial charge is 0.270 e. The highest BCUT2D eigenvalue weighted by atomic mass is 35.5. The van der Waals surface area contributed by atoms with Crippen molar-refractivity contribution in [1.82, 2.24) is 30.0 Å². The molecule has 4 heterocycles. The van der Waals surface area contributed by atoms with Crippen LogP contribution in [0.15, 0.2) is 22.6 Å². The van der Waals surface area contributed by atoms with Crippen LogP contribution < -0.4 is 10.6 Å². The van der Waals surface area contributed by atoms with Crippen LogP contribution >= 0.6 is 23.2 Å². The number of nitriles is 1.